The molecular weight excluding hydrogens is 264 g/mol. The molecule has 0 amide bonds. The van der Waals surface area contributed by atoms with Crippen molar-refractivity contribution in [1.82, 2.24) is 0 Å². The van der Waals surface area contributed by atoms with Crippen LogP contribution in [0, 0.1) is 0 Å². The van der Waals surface area contributed by atoms with Gasteiger partial charge in [0.15, 0.2) is 0 Å². The normalized spacial score (nSPS) is 12.7. The van der Waals surface area contributed by atoms with Crippen LogP contribution in [0.4, 0.5) is 0 Å². The molecule has 0 spiro atoms. The molecule has 0 aliphatic carbocycles. The van der Waals surface area contributed by atoms with Gasteiger partial charge in [-0.1, -0.05) is 38.8 Å². The molecule has 0 aromatic carbocycles. The van der Waals surface area contributed by atoms with Crippen LogP contribution in [-0.2, 0) is 9.53 Å². The highest BCUT2D eigenvalue weighted by Crippen LogP contribution is 2.03. The monoisotopic (exact) mass is 272 g/mol. The van der Waals surface area contributed by atoms with Gasteiger partial charge in [-0.3, -0.25) is 4.79 Å². The van der Waals surface area contributed by atoms with Gasteiger partial charge in [0, 0.05) is 11.8 Å². The number of alkyl halides is 2. The molecule has 0 heterocycles. The van der Waals surface area contributed by atoms with Gasteiger partial charge in [-0.05, 0) is 0 Å². The highest BCUT2D eigenvalue weighted by molar-refractivity contribution is 9.12. The van der Waals surface area contributed by atoms with E-state index in [4.69, 9.17) is 4.74 Å². The molecule has 0 rings (SSSR count). The Hall–Kier alpha value is 0.430. The van der Waals surface area contributed by atoms with E-state index in [1.807, 2.05) is 0 Å². The maximum absolute atomic E-state index is 10.6. The van der Waals surface area contributed by atoms with Crippen LogP contribution in [0.1, 0.15) is 13.3 Å². The molecule has 10 heavy (non-hydrogen) atoms. The second-order valence-corrected chi connectivity index (χ2v) is 3.73. The van der Waals surface area contributed by atoms with Crippen LogP contribution < -0.4 is 0 Å². The van der Waals surface area contributed by atoms with Crippen molar-refractivity contribution in [2.45, 2.75) is 18.2 Å². The van der Waals surface area contributed by atoms with E-state index in [0.717, 1.165) is 5.33 Å². The van der Waals surface area contributed by atoms with Crippen LogP contribution in [0.3, 0.4) is 0 Å². The topological polar surface area (TPSA) is 26.3 Å². The molecular formula is C6H10Br2O2. The number of halogens is 2. The van der Waals surface area contributed by atoms with Gasteiger partial charge in [0.25, 0.3) is 0 Å². The fourth-order valence-corrected chi connectivity index (χ4v) is 0.649. The highest BCUT2D eigenvalue weighted by Gasteiger charge is 2.04. The summed E-state index contributed by atoms with van der Waals surface area (Å²) in [5, 5.41) is 0.796. The number of carbonyl (C=O) groups is 1. The van der Waals surface area contributed by atoms with Crippen molar-refractivity contribution in [3.8, 4) is 0 Å². The highest BCUT2D eigenvalue weighted by atomic mass is 79.9. The van der Waals surface area contributed by atoms with Crippen molar-refractivity contribution in [3.63, 3.8) is 0 Å². The van der Waals surface area contributed by atoms with Gasteiger partial charge in [0.1, 0.15) is 6.61 Å². The maximum Gasteiger partial charge on any atom is 0.305 e. The molecule has 4 heteroatoms. The number of carbonyl (C=O) groups excluding carboxylic acids is 1. The quantitative estimate of drug-likeness (QED) is 0.579. The number of ether oxygens (including phenoxy) is 1. The van der Waals surface area contributed by atoms with Gasteiger partial charge >= 0.3 is 5.97 Å². The van der Waals surface area contributed by atoms with Gasteiger partial charge in [0.05, 0.1) is 4.83 Å². The predicted octanol–water partition coefficient (Wildman–Crippen LogP) is 2.10. The van der Waals surface area contributed by atoms with Crippen molar-refractivity contribution < 1.29 is 9.53 Å². The fourth-order valence-electron chi connectivity index (χ4n) is 0.330. The van der Waals surface area contributed by atoms with Crippen LogP contribution in [0.2, 0.25) is 0 Å². The minimum Gasteiger partial charge on any atom is -0.464 e. The lowest BCUT2D eigenvalue weighted by atomic mass is 10.5. The standard InChI is InChI=1S/C6H10Br2O2/c1-2-6(9)10-4-5(8)3-7/h5H,2-4H2,1H3/t5-/m0/s1. The van der Waals surface area contributed by atoms with E-state index in [2.05, 4.69) is 31.9 Å². The van der Waals surface area contributed by atoms with E-state index in [0.29, 0.717) is 13.0 Å². The molecule has 0 saturated carbocycles. The first-order valence-electron chi connectivity index (χ1n) is 3.06. The summed E-state index contributed by atoms with van der Waals surface area (Å²) >= 11 is 6.56. The minimum absolute atomic E-state index is 0.148. The predicted molar refractivity (Wildman–Crippen MR) is 47.8 cm³/mol. The van der Waals surface area contributed by atoms with Crippen LogP contribution in [0.5, 0.6) is 0 Å². The Kier molecular flexibility index (Phi) is 6.43. The SMILES string of the molecule is CCC(=O)OC[C@@H](Br)CBr. The van der Waals surface area contributed by atoms with Crippen molar-refractivity contribution in [2.75, 3.05) is 11.9 Å². The third-order valence-corrected chi connectivity index (χ3v) is 3.12. The van der Waals surface area contributed by atoms with Gasteiger partial charge in [-0.25, -0.2) is 0 Å². The first-order valence-corrected chi connectivity index (χ1v) is 5.10. The van der Waals surface area contributed by atoms with E-state index in [1.165, 1.54) is 0 Å². The summed E-state index contributed by atoms with van der Waals surface area (Å²) in [5.74, 6) is -0.148. The molecule has 60 valence electrons. The molecule has 0 aromatic heterocycles. The van der Waals surface area contributed by atoms with Crippen LogP contribution in [-0.4, -0.2) is 22.7 Å². The van der Waals surface area contributed by atoms with E-state index in [-0.39, 0.29) is 10.8 Å². The van der Waals surface area contributed by atoms with Gasteiger partial charge in [0.2, 0.25) is 0 Å². The van der Waals surface area contributed by atoms with E-state index < -0.39 is 0 Å². The Morgan fingerprint density at radius 1 is 1.70 bits per heavy atom. The maximum atomic E-state index is 10.6. The molecule has 0 aromatic rings. The smallest absolute Gasteiger partial charge is 0.305 e. The van der Waals surface area contributed by atoms with Crippen molar-refractivity contribution in [2.24, 2.45) is 0 Å². The van der Waals surface area contributed by atoms with Gasteiger partial charge in [-0.15, -0.1) is 0 Å². The lowest BCUT2D eigenvalue weighted by molar-refractivity contribution is -0.143. The molecule has 0 aliphatic heterocycles. The summed E-state index contributed by atoms with van der Waals surface area (Å²) in [7, 11) is 0. The second kappa shape index (κ2) is 6.16. The third kappa shape index (κ3) is 5.23. The fraction of sp³-hybridized carbons (Fsp3) is 0.833. The Morgan fingerprint density at radius 3 is 2.70 bits per heavy atom. The van der Waals surface area contributed by atoms with Gasteiger partial charge < -0.3 is 4.74 Å². The van der Waals surface area contributed by atoms with E-state index in [1.54, 1.807) is 6.92 Å². The Bertz CT molecular complexity index is 106. The molecule has 2 nitrogen and oxygen atoms in total. The Balaban J connectivity index is 3.26. The average Bonchev–Trinajstić information content (AvgIpc) is 1.99. The first kappa shape index (κ1) is 10.4. The number of hydrogen-bond acceptors (Lipinski definition) is 2. The molecule has 0 saturated heterocycles. The summed E-state index contributed by atoms with van der Waals surface area (Å²) in [6.45, 7) is 2.22. The molecule has 0 radical (unpaired) electrons. The molecule has 0 N–H and O–H groups in total. The molecule has 0 unspecified atom stereocenters. The largest absolute Gasteiger partial charge is 0.464 e. The van der Waals surface area contributed by atoms with Crippen molar-refractivity contribution in [1.29, 1.82) is 0 Å². The molecule has 0 fully saturated rings. The van der Waals surface area contributed by atoms with Gasteiger partial charge in [-0.2, -0.15) is 0 Å². The zero-order chi connectivity index (χ0) is 7.98. The summed E-state index contributed by atoms with van der Waals surface area (Å²) in [4.78, 5) is 10.8. The number of hydrogen-bond donors (Lipinski definition) is 0. The number of esters is 1. The number of rotatable bonds is 4. The minimum atomic E-state index is -0.148. The zero-order valence-corrected chi connectivity index (χ0v) is 8.94. The summed E-state index contributed by atoms with van der Waals surface area (Å²) in [6, 6.07) is 0. The lowest BCUT2D eigenvalue weighted by Gasteiger charge is -2.05. The van der Waals surface area contributed by atoms with E-state index >= 15 is 0 Å². The molecule has 0 aliphatic rings. The first-order chi connectivity index (χ1) is 4.70. The van der Waals surface area contributed by atoms with Crippen LogP contribution in [0.25, 0.3) is 0 Å². The van der Waals surface area contributed by atoms with Crippen LogP contribution >= 0.6 is 31.9 Å². The lowest BCUT2D eigenvalue weighted by Crippen LogP contribution is -2.13. The third-order valence-electron chi connectivity index (χ3n) is 0.881. The Labute approximate surface area is 77.6 Å². The molecule has 0 bridgehead atoms. The Morgan fingerprint density at radius 2 is 2.30 bits per heavy atom. The second-order valence-electron chi connectivity index (χ2n) is 1.79. The zero-order valence-electron chi connectivity index (χ0n) is 5.77. The summed E-state index contributed by atoms with van der Waals surface area (Å²) in [5.41, 5.74) is 0. The van der Waals surface area contributed by atoms with Crippen LogP contribution in [0.15, 0.2) is 0 Å². The van der Waals surface area contributed by atoms with E-state index in [9.17, 15) is 4.79 Å². The summed E-state index contributed by atoms with van der Waals surface area (Å²) < 4.78 is 4.83. The summed E-state index contributed by atoms with van der Waals surface area (Å²) in [6.07, 6.45) is 0.446. The molecule has 1 atom stereocenters. The average molecular weight is 274 g/mol. The van der Waals surface area contributed by atoms with Crippen molar-refractivity contribution >= 4 is 37.8 Å². The van der Waals surface area contributed by atoms with Crippen molar-refractivity contribution in [3.05, 3.63) is 0 Å².